The number of nitrogens with zero attached hydrogens (tertiary/aromatic N) is 3. The van der Waals surface area contributed by atoms with Gasteiger partial charge in [0.1, 0.15) is 5.82 Å². The smallest absolute Gasteiger partial charge is 0.251 e. The van der Waals surface area contributed by atoms with Crippen molar-refractivity contribution in [3.05, 3.63) is 45.6 Å². The molecule has 1 aromatic heterocycles. The van der Waals surface area contributed by atoms with Gasteiger partial charge in [0.05, 0.1) is 10.0 Å². The lowest BCUT2D eigenvalue weighted by molar-refractivity contribution is 0.0922. The van der Waals surface area contributed by atoms with E-state index < -0.39 is 0 Å². The summed E-state index contributed by atoms with van der Waals surface area (Å²) in [5.41, 5.74) is 1.48. The Balaban J connectivity index is 1.47. The second kappa shape index (κ2) is 9.63. The zero-order valence-electron chi connectivity index (χ0n) is 17.0. The van der Waals surface area contributed by atoms with Crippen molar-refractivity contribution < 1.29 is 4.79 Å². The van der Waals surface area contributed by atoms with Gasteiger partial charge in [-0.15, -0.1) is 0 Å². The molecule has 1 heterocycles. The zero-order chi connectivity index (χ0) is 21.0. The van der Waals surface area contributed by atoms with Crippen LogP contribution in [0.15, 0.2) is 24.3 Å². The van der Waals surface area contributed by atoms with Crippen LogP contribution in [0.4, 0.5) is 11.8 Å². The zero-order valence-corrected chi connectivity index (χ0v) is 18.5. The van der Waals surface area contributed by atoms with Crippen LogP contribution in [0.2, 0.25) is 10.0 Å². The fourth-order valence-electron chi connectivity index (χ4n) is 3.51. The number of carbonyl (C=O) groups is 1. The molecule has 0 aliphatic heterocycles. The van der Waals surface area contributed by atoms with Gasteiger partial charge in [-0.2, -0.15) is 4.98 Å². The van der Waals surface area contributed by atoms with Crippen LogP contribution in [-0.4, -0.2) is 42.6 Å². The van der Waals surface area contributed by atoms with E-state index in [2.05, 4.69) is 20.6 Å². The van der Waals surface area contributed by atoms with Gasteiger partial charge in [-0.3, -0.25) is 4.79 Å². The minimum atomic E-state index is -0.102. The predicted molar refractivity (Wildman–Crippen MR) is 119 cm³/mol. The lowest BCUT2D eigenvalue weighted by atomic mass is 9.86. The van der Waals surface area contributed by atoms with Crippen molar-refractivity contribution in [2.45, 2.75) is 38.6 Å². The summed E-state index contributed by atoms with van der Waals surface area (Å²) in [5.74, 6) is 2.01. The number of benzene rings is 1. The highest BCUT2D eigenvalue weighted by Gasteiger charge is 2.23. The molecule has 3 rings (SSSR count). The Morgan fingerprint density at radius 3 is 2.48 bits per heavy atom. The van der Waals surface area contributed by atoms with Gasteiger partial charge in [-0.1, -0.05) is 23.2 Å². The highest BCUT2D eigenvalue weighted by molar-refractivity contribution is 6.42. The van der Waals surface area contributed by atoms with Crippen LogP contribution in [-0.2, 0) is 0 Å². The normalized spacial score (nSPS) is 18.9. The van der Waals surface area contributed by atoms with Gasteiger partial charge in [-0.05, 0) is 56.7 Å². The first-order chi connectivity index (χ1) is 13.8. The lowest BCUT2D eigenvalue weighted by Gasteiger charge is -2.29. The summed E-state index contributed by atoms with van der Waals surface area (Å²) >= 11 is 11.9. The van der Waals surface area contributed by atoms with Crippen LogP contribution in [0.25, 0.3) is 0 Å². The van der Waals surface area contributed by atoms with Gasteiger partial charge >= 0.3 is 0 Å². The number of aryl methyl sites for hydroxylation is 1. The molecule has 0 spiro atoms. The maximum atomic E-state index is 12.4. The molecule has 0 radical (unpaired) electrons. The van der Waals surface area contributed by atoms with Gasteiger partial charge in [0.15, 0.2) is 0 Å². The SMILES string of the molecule is Cc1cc(N(C)C)nc(NC[C@H]2CC[C@@H](NC(=O)c3ccc(Cl)c(Cl)c3)CC2)n1. The first-order valence-corrected chi connectivity index (χ1v) is 10.6. The highest BCUT2D eigenvalue weighted by atomic mass is 35.5. The molecule has 2 aromatic rings. The summed E-state index contributed by atoms with van der Waals surface area (Å²) in [6.45, 7) is 2.81. The number of aromatic nitrogens is 2. The average Bonchev–Trinajstić information content (AvgIpc) is 2.69. The number of hydrogen-bond donors (Lipinski definition) is 2. The van der Waals surface area contributed by atoms with Crippen LogP contribution < -0.4 is 15.5 Å². The summed E-state index contributed by atoms with van der Waals surface area (Å²) in [7, 11) is 3.94. The monoisotopic (exact) mass is 435 g/mol. The molecule has 29 heavy (non-hydrogen) atoms. The quantitative estimate of drug-likeness (QED) is 0.695. The van der Waals surface area contributed by atoms with E-state index >= 15 is 0 Å². The number of amides is 1. The third-order valence-electron chi connectivity index (χ3n) is 5.21. The van der Waals surface area contributed by atoms with E-state index in [4.69, 9.17) is 23.2 Å². The fourth-order valence-corrected chi connectivity index (χ4v) is 3.81. The Labute approximate surface area is 182 Å². The standard InChI is InChI=1S/C21H27Cl2N5O/c1-13-10-19(28(2)3)27-21(25-13)24-12-14-4-7-16(8-5-14)26-20(29)15-6-9-17(22)18(23)11-15/h6,9-11,14,16H,4-5,7-8,12H2,1-3H3,(H,26,29)(H,24,25,27)/t14-,16+. The topological polar surface area (TPSA) is 70.2 Å². The molecule has 0 bridgehead atoms. The van der Waals surface area contributed by atoms with Gasteiger partial charge in [0, 0.05) is 44.0 Å². The molecular weight excluding hydrogens is 409 g/mol. The summed E-state index contributed by atoms with van der Waals surface area (Å²) in [5, 5.41) is 7.34. The lowest BCUT2D eigenvalue weighted by Crippen LogP contribution is -2.38. The van der Waals surface area contributed by atoms with Crippen molar-refractivity contribution in [1.29, 1.82) is 0 Å². The van der Waals surface area contributed by atoms with Crippen molar-refractivity contribution in [2.75, 3.05) is 30.9 Å². The van der Waals surface area contributed by atoms with Gasteiger partial charge in [0.25, 0.3) is 5.91 Å². The molecule has 156 valence electrons. The van der Waals surface area contributed by atoms with Gasteiger partial charge in [-0.25, -0.2) is 4.98 Å². The molecule has 1 aromatic carbocycles. The molecule has 2 N–H and O–H groups in total. The van der Waals surface area contributed by atoms with Crippen molar-refractivity contribution in [3.63, 3.8) is 0 Å². The minimum Gasteiger partial charge on any atom is -0.363 e. The third-order valence-corrected chi connectivity index (χ3v) is 5.95. The Bertz CT molecular complexity index is 866. The Morgan fingerprint density at radius 1 is 1.10 bits per heavy atom. The summed E-state index contributed by atoms with van der Waals surface area (Å²) in [6.07, 6.45) is 4.01. The van der Waals surface area contributed by atoms with E-state index in [1.807, 2.05) is 32.0 Å². The van der Waals surface area contributed by atoms with E-state index in [-0.39, 0.29) is 11.9 Å². The molecule has 1 fully saturated rings. The Morgan fingerprint density at radius 2 is 1.83 bits per heavy atom. The number of hydrogen-bond acceptors (Lipinski definition) is 5. The number of carbonyl (C=O) groups excluding carboxylic acids is 1. The molecule has 6 nitrogen and oxygen atoms in total. The van der Waals surface area contributed by atoms with Crippen LogP contribution in [0.1, 0.15) is 41.7 Å². The molecule has 1 aliphatic carbocycles. The summed E-state index contributed by atoms with van der Waals surface area (Å²) in [4.78, 5) is 23.4. The van der Waals surface area contributed by atoms with Gasteiger partial charge in [0.2, 0.25) is 5.95 Å². The van der Waals surface area contributed by atoms with Crippen molar-refractivity contribution in [2.24, 2.45) is 5.92 Å². The van der Waals surface area contributed by atoms with Crippen molar-refractivity contribution in [3.8, 4) is 0 Å². The molecule has 0 atom stereocenters. The first kappa shape index (κ1) is 21.7. The number of rotatable bonds is 6. The third kappa shape index (κ3) is 5.97. The fraction of sp³-hybridized carbons (Fsp3) is 0.476. The highest BCUT2D eigenvalue weighted by Crippen LogP contribution is 2.26. The second-order valence-corrected chi connectivity index (χ2v) is 8.60. The Kier molecular flexibility index (Phi) is 7.19. The predicted octanol–water partition coefficient (Wildman–Crippen LogP) is 4.56. The average molecular weight is 436 g/mol. The summed E-state index contributed by atoms with van der Waals surface area (Å²) in [6, 6.07) is 7.11. The molecule has 8 heteroatoms. The van der Waals surface area contributed by atoms with Crippen LogP contribution in [0, 0.1) is 12.8 Å². The van der Waals surface area contributed by atoms with E-state index in [1.165, 1.54) is 0 Å². The van der Waals surface area contributed by atoms with E-state index in [9.17, 15) is 4.79 Å². The minimum absolute atomic E-state index is 0.102. The number of halogens is 2. The molecular formula is C21H27Cl2N5O. The van der Waals surface area contributed by atoms with E-state index in [0.29, 0.717) is 27.5 Å². The van der Waals surface area contributed by atoms with Crippen LogP contribution in [0.5, 0.6) is 0 Å². The van der Waals surface area contributed by atoms with E-state index in [0.717, 1.165) is 43.7 Å². The maximum Gasteiger partial charge on any atom is 0.251 e. The molecule has 1 aliphatic rings. The van der Waals surface area contributed by atoms with Gasteiger partial charge < -0.3 is 15.5 Å². The molecule has 0 saturated heterocycles. The maximum absolute atomic E-state index is 12.4. The second-order valence-electron chi connectivity index (χ2n) is 7.79. The Hall–Kier alpha value is -2.05. The van der Waals surface area contributed by atoms with Crippen LogP contribution >= 0.6 is 23.2 Å². The molecule has 0 unspecified atom stereocenters. The number of nitrogens with one attached hydrogen (secondary N) is 2. The molecule has 1 amide bonds. The van der Waals surface area contributed by atoms with Crippen molar-refractivity contribution in [1.82, 2.24) is 15.3 Å². The van der Waals surface area contributed by atoms with Crippen molar-refractivity contribution >= 4 is 40.9 Å². The first-order valence-electron chi connectivity index (χ1n) is 9.84. The van der Waals surface area contributed by atoms with E-state index in [1.54, 1.807) is 18.2 Å². The summed E-state index contributed by atoms with van der Waals surface area (Å²) < 4.78 is 0. The number of anilines is 2. The molecule has 1 saturated carbocycles. The van der Waals surface area contributed by atoms with Crippen LogP contribution in [0.3, 0.4) is 0 Å². The largest absolute Gasteiger partial charge is 0.363 e.